The van der Waals surface area contributed by atoms with Crippen LogP contribution in [-0.4, -0.2) is 18.2 Å². The highest BCUT2D eigenvalue weighted by Gasteiger charge is 2.40. The number of ether oxygens (including phenoxy) is 1. The standard InChI is InChI=1S/C19H35NO/c20-18(10-9-16-7-3-1-4-8-16)17-11-14-21-19(15-17)12-5-2-6-13-19/h16-18H,1-15,20H2. The summed E-state index contributed by atoms with van der Waals surface area (Å²) in [4.78, 5) is 0. The van der Waals surface area contributed by atoms with E-state index in [1.807, 2.05) is 0 Å². The first-order chi connectivity index (χ1) is 10.3. The Hall–Kier alpha value is -0.0800. The summed E-state index contributed by atoms with van der Waals surface area (Å²) in [5, 5.41) is 0. The molecule has 1 heterocycles. The summed E-state index contributed by atoms with van der Waals surface area (Å²) in [6.45, 7) is 0.960. The van der Waals surface area contributed by atoms with E-state index in [-0.39, 0.29) is 5.60 Å². The summed E-state index contributed by atoms with van der Waals surface area (Å²) in [6.07, 6.45) is 19.1. The fourth-order valence-electron chi connectivity index (χ4n) is 5.12. The highest BCUT2D eigenvalue weighted by Crippen LogP contribution is 2.42. The average molecular weight is 293 g/mol. The van der Waals surface area contributed by atoms with Crippen molar-refractivity contribution in [2.24, 2.45) is 17.6 Å². The minimum Gasteiger partial charge on any atom is -0.375 e. The van der Waals surface area contributed by atoms with Gasteiger partial charge in [0.15, 0.2) is 0 Å². The van der Waals surface area contributed by atoms with E-state index in [9.17, 15) is 0 Å². The largest absolute Gasteiger partial charge is 0.375 e. The lowest BCUT2D eigenvalue weighted by atomic mass is 9.73. The normalized spacial score (nSPS) is 32.1. The van der Waals surface area contributed by atoms with E-state index >= 15 is 0 Å². The van der Waals surface area contributed by atoms with Crippen molar-refractivity contribution in [1.29, 1.82) is 0 Å². The average Bonchev–Trinajstić information content (AvgIpc) is 2.54. The molecule has 0 aromatic rings. The van der Waals surface area contributed by atoms with Crippen LogP contribution in [0, 0.1) is 11.8 Å². The van der Waals surface area contributed by atoms with E-state index in [1.54, 1.807) is 0 Å². The lowest BCUT2D eigenvalue weighted by Crippen LogP contribution is -2.46. The van der Waals surface area contributed by atoms with Crippen molar-refractivity contribution in [1.82, 2.24) is 0 Å². The van der Waals surface area contributed by atoms with Gasteiger partial charge in [0, 0.05) is 12.6 Å². The predicted octanol–water partition coefficient (Wildman–Crippen LogP) is 4.80. The molecule has 0 amide bonds. The zero-order valence-corrected chi connectivity index (χ0v) is 13.8. The third-order valence-electron chi connectivity index (χ3n) is 6.53. The molecule has 2 heteroatoms. The topological polar surface area (TPSA) is 35.2 Å². The minimum absolute atomic E-state index is 0.226. The molecule has 1 saturated heterocycles. The zero-order valence-electron chi connectivity index (χ0n) is 13.8. The molecular weight excluding hydrogens is 258 g/mol. The van der Waals surface area contributed by atoms with Gasteiger partial charge >= 0.3 is 0 Å². The molecule has 2 nitrogen and oxygen atoms in total. The summed E-state index contributed by atoms with van der Waals surface area (Å²) in [6, 6.07) is 0.426. The molecule has 0 bridgehead atoms. The van der Waals surface area contributed by atoms with Crippen molar-refractivity contribution in [3.8, 4) is 0 Å². The Labute approximate surface area is 131 Å². The second kappa shape index (κ2) is 7.46. The highest BCUT2D eigenvalue weighted by molar-refractivity contribution is 4.92. The van der Waals surface area contributed by atoms with Crippen LogP contribution in [0.1, 0.15) is 89.9 Å². The van der Waals surface area contributed by atoms with Crippen LogP contribution in [0.3, 0.4) is 0 Å². The quantitative estimate of drug-likeness (QED) is 0.807. The van der Waals surface area contributed by atoms with E-state index in [1.165, 1.54) is 89.9 Å². The molecule has 122 valence electrons. The van der Waals surface area contributed by atoms with Crippen LogP contribution in [0.2, 0.25) is 0 Å². The van der Waals surface area contributed by atoms with Gasteiger partial charge in [-0.2, -0.15) is 0 Å². The Kier molecular flexibility index (Phi) is 5.61. The summed E-state index contributed by atoms with van der Waals surface area (Å²) >= 11 is 0. The predicted molar refractivity (Wildman–Crippen MR) is 88.3 cm³/mol. The van der Waals surface area contributed by atoms with Gasteiger partial charge < -0.3 is 10.5 Å². The Morgan fingerprint density at radius 1 is 0.952 bits per heavy atom. The third kappa shape index (κ3) is 4.22. The van der Waals surface area contributed by atoms with Crippen molar-refractivity contribution in [3.63, 3.8) is 0 Å². The fraction of sp³-hybridized carbons (Fsp3) is 1.00. The number of nitrogens with two attached hydrogens (primary N) is 1. The smallest absolute Gasteiger partial charge is 0.0685 e. The summed E-state index contributed by atoms with van der Waals surface area (Å²) < 4.78 is 6.23. The highest BCUT2D eigenvalue weighted by atomic mass is 16.5. The molecule has 2 atom stereocenters. The Morgan fingerprint density at radius 3 is 2.43 bits per heavy atom. The Morgan fingerprint density at radius 2 is 1.67 bits per heavy atom. The summed E-state index contributed by atoms with van der Waals surface area (Å²) in [7, 11) is 0. The van der Waals surface area contributed by atoms with Crippen molar-refractivity contribution >= 4 is 0 Å². The summed E-state index contributed by atoms with van der Waals surface area (Å²) in [5.41, 5.74) is 6.83. The molecule has 3 rings (SSSR count). The lowest BCUT2D eigenvalue weighted by Gasteiger charge is -2.45. The van der Waals surface area contributed by atoms with Gasteiger partial charge in [0.05, 0.1) is 5.60 Å². The van der Waals surface area contributed by atoms with Crippen LogP contribution in [0.5, 0.6) is 0 Å². The van der Waals surface area contributed by atoms with Gasteiger partial charge in [0.2, 0.25) is 0 Å². The maximum absolute atomic E-state index is 6.60. The first-order valence-electron chi connectivity index (χ1n) is 9.67. The van der Waals surface area contributed by atoms with Crippen molar-refractivity contribution in [2.75, 3.05) is 6.61 Å². The second-order valence-electron chi connectivity index (χ2n) is 8.09. The molecule has 0 aromatic heterocycles. The van der Waals surface area contributed by atoms with Crippen LogP contribution >= 0.6 is 0 Å². The number of rotatable bonds is 4. The molecular formula is C19H35NO. The maximum atomic E-state index is 6.60. The van der Waals surface area contributed by atoms with Crippen molar-refractivity contribution in [2.45, 2.75) is 102 Å². The van der Waals surface area contributed by atoms with Gasteiger partial charge in [0.25, 0.3) is 0 Å². The monoisotopic (exact) mass is 293 g/mol. The molecule has 3 fully saturated rings. The first-order valence-corrected chi connectivity index (χ1v) is 9.67. The number of hydrogen-bond donors (Lipinski definition) is 1. The fourth-order valence-corrected chi connectivity index (χ4v) is 5.12. The van der Waals surface area contributed by atoms with E-state index in [4.69, 9.17) is 10.5 Å². The van der Waals surface area contributed by atoms with Crippen LogP contribution in [0.25, 0.3) is 0 Å². The van der Waals surface area contributed by atoms with Crippen LogP contribution in [0.15, 0.2) is 0 Å². The number of hydrogen-bond acceptors (Lipinski definition) is 2. The molecule has 21 heavy (non-hydrogen) atoms. The molecule has 2 saturated carbocycles. The van der Waals surface area contributed by atoms with Gasteiger partial charge in [-0.05, 0) is 50.4 Å². The molecule has 1 aliphatic heterocycles. The third-order valence-corrected chi connectivity index (χ3v) is 6.53. The maximum Gasteiger partial charge on any atom is 0.0685 e. The lowest BCUT2D eigenvalue weighted by molar-refractivity contribution is -0.120. The molecule has 2 N–H and O–H groups in total. The molecule has 3 aliphatic rings. The van der Waals surface area contributed by atoms with E-state index in [0.717, 1.165) is 18.4 Å². The van der Waals surface area contributed by atoms with Crippen LogP contribution < -0.4 is 5.73 Å². The van der Waals surface area contributed by atoms with Crippen molar-refractivity contribution in [3.05, 3.63) is 0 Å². The zero-order chi connectivity index (χ0) is 14.5. The van der Waals surface area contributed by atoms with Crippen LogP contribution in [-0.2, 0) is 4.74 Å². The van der Waals surface area contributed by atoms with Gasteiger partial charge in [-0.25, -0.2) is 0 Å². The van der Waals surface area contributed by atoms with Gasteiger partial charge in [-0.3, -0.25) is 0 Å². The minimum atomic E-state index is 0.226. The van der Waals surface area contributed by atoms with E-state index < -0.39 is 0 Å². The molecule has 2 unspecified atom stereocenters. The molecule has 1 spiro atoms. The summed E-state index contributed by atoms with van der Waals surface area (Å²) in [5.74, 6) is 1.70. The molecule has 0 radical (unpaired) electrons. The molecule has 2 aliphatic carbocycles. The van der Waals surface area contributed by atoms with Gasteiger partial charge in [-0.1, -0.05) is 51.4 Å². The van der Waals surface area contributed by atoms with Gasteiger partial charge in [-0.15, -0.1) is 0 Å². The second-order valence-corrected chi connectivity index (χ2v) is 8.09. The van der Waals surface area contributed by atoms with E-state index in [2.05, 4.69) is 0 Å². The van der Waals surface area contributed by atoms with Crippen molar-refractivity contribution < 1.29 is 4.74 Å². The van der Waals surface area contributed by atoms with Crippen LogP contribution in [0.4, 0.5) is 0 Å². The Balaban J connectivity index is 1.46. The Bertz CT molecular complexity index is 299. The first kappa shape index (κ1) is 15.8. The van der Waals surface area contributed by atoms with Gasteiger partial charge in [0.1, 0.15) is 0 Å². The van der Waals surface area contributed by atoms with E-state index in [0.29, 0.717) is 6.04 Å². The SMILES string of the molecule is NC(CCC1CCCCC1)C1CCOC2(CCCCC2)C1. The molecule has 0 aromatic carbocycles.